The number of carbonyl (C=O) groups is 2. The average Bonchev–Trinajstić information content (AvgIpc) is 2.82. The smallest absolute Gasteiger partial charge is 0.338 e. The summed E-state index contributed by atoms with van der Waals surface area (Å²) in [5, 5.41) is 15.2. The molecule has 1 aliphatic rings. The number of aromatic nitrogens is 2. The summed E-state index contributed by atoms with van der Waals surface area (Å²) in [5.41, 5.74) is 0.0919. The summed E-state index contributed by atoms with van der Waals surface area (Å²) in [6.45, 7) is 0.0732. The van der Waals surface area contributed by atoms with Gasteiger partial charge in [0.25, 0.3) is 0 Å². The van der Waals surface area contributed by atoms with Gasteiger partial charge >= 0.3 is 5.97 Å². The van der Waals surface area contributed by atoms with Crippen LogP contribution < -0.4 is 5.32 Å². The van der Waals surface area contributed by atoms with Crippen LogP contribution in [-0.4, -0.2) is 32.8 Å². The van der Waals surface area contributed by atoms with Gasteiger partial charge in [-0.3, -0.25) is 9.48 Å². The Bertz CT molecular complexity index is 395. The van der Waals surface area contributed by atoms with Crippen LogP contribution in [0.15, 0.2) is 12.4 Å². The lowest BCUT2D eigenvalue weighted by Gasteiger charge is -2.02. The van der Waals surface area contributed by atoms with Crippen LogP contribution in [0.4, 0.5) is 0 Å². The van der Waals surface area contributed by atoms with Crippen LogP contribution in [0.1, 0.15) is 23.2 Å². The fraction of sp³-hybridized carbons (Fsp3) is 0.444. The third-order valence-corrected chi connectivity index (χ3v) is 2.13. The highest BCUT2D eigenvalue weighted by molar-refractivity contribution is 5.87. The number of carboxylic acid groups (broad SMARTS) is 1. The van der Waals surface area contributed by atoms with E-state index in [-0.39, 0.29) is 18.0 Å². The first-order chi connectivity index (χ1) is 7.15. The van der Waals surface area contributed by atoms with Crippen LogP contribution in [-0.2, 0) is 11.3 Å². The number of rotatable bonds is 4. The van der Waals surface area contributed by atoms with Crippen molar-refractivity contribution in [2.75, 3.05) is 0 Å². The Labute approximate surface area is 85.9 Å². The number of amides is 1. The number of hydrogen-bond acceptors (Lipinski definition) is 3. The lowest BCUT2D eigenvalue weighted by atomic mass is 10.4. The van der Waals surface area contributed by atoms with Crippen LogP contribution >= 0.6 is 0 Å². The normalized spacial score (nSPS) is 14.9. The molecule has 6 nitrogen and oxygen atoms in total. The summed E-state index contributed by atoms with van der Waals surface area (Å²) < 4.78 is 1.32. The van der Waals surface area contributed by atoms with Crippen molar-refractivity contribution in [3.63, 3.8) is 0 Å². The minimum Gasteiger partial charge on any atom is -0.478 e. The highest BCUT2D eigenvalue weighted by Gasteiger charge is 2.23. The molecule has 1 aliphatic carbocycles. The van der Waals surface area contributed by atoms with Crippen molar-refractivity contribution in [1.82, 2.24) is 15.1 Å². The van der Waals surface area contributed by atoms with E-state index in [1.54, 1.807) is 0 Å². The number of nitrogens with one attached hydrogen (secondary N) is 1. The number of carboxylic acids is 1. The molecule has 1 amide bonds. The van der Waals surface area contributed by atoms with Gasteiger partial charge in [-0.15, -0.1) is 0 Å². The Morgan fingerprint density at radius 1 is 1.60 bits per heavy atom. The number of hydrogen-bond donors (Lipinski definition) is 2. The van der Waals surface area contributed by atoms with Crippen molar-refractivity contribution in [2.24, 2.45) is 0 Å². The van der Waals surface area contributed by atoms with Crippen LogP contribution in [0.3, 0.4) is 0 Å². The average molecular weight is 209 g/mol. The van der Waals surface area contributed by atoms with E-state index >= 15 is 0 Å². The Hall–Kier alpha value is -1.85. The maximum atomic E-state index is 11.3. The minimum atomic E-state index is -1.04. The Morgan fingerprint density at radius 2 is 2.33 bits per heavy atom. The van der Waals surface area contributed by atoms with Crippen LogP contribution in [0.25, 0.3) is 0 Å². The zero-order valence-electron chi connectivity index (χ0n) is 8.01. The molecule has 2 rings (SSSR count). The zero-order valence-corrected chi connectivity index (χ0v) is 8.01. The SMILES string of the molecule is O=C(Cn1cc(C(=O)O)cn1)NC1CC1. The third kappa shape index (κ3) is 2.55. The van der Waals surface area contributed by atoms with E-state index in [0.717, 1.165) is 12.8 Å². The van der Waals surface area contributed by atoms with E-state index in [2.05, 4.69) is 10.4 Å². The number of nitrogens with zero attached hydrogens (tertiary/aromatic N) is 2. The standard InChI is InChI=1S/C9H11N3O3/c13-8(11-7-1-2-7)5-12-4-6(3-10-12)9(14)15/h3-4,7H,1-2,5H2,(H,11,13)(H,14,15). The summed E-state index contributed by atoms with van der Waals surface area (Å²) in [6, 6.07) is 0.312. The van der Waals surface area contributed by atoms with Crippen LogP contribution in [0, 0.1) is 0 Å². The first kappa shape index (κ1) is 9.70. The summed E-state index contributed by atoms with van der Waals surface area (Å²) in [7, 11) is 0. The molecule has 0 bridgehead atoms. The molecule has 1 fully saturated rings. The largest absolute Gasteiger partial charge is 0.478 e. The van der Waals surface area contributed by atoms with E-state index in [4.69, 9.17) is 5.11 Å². The van der Waals surface area contributed by atoms with E-state index in [0.29, 0.717) is 6.04 Å². The predicted molar refractivity (Wildman–Crippen MR) is 50.4 cm³/mol. The molecule has 80 valence electrons. The lowest BCUT2D eigenvalue weighted by molar-refractivity contribution is -0.122. The summed E-state index contributed by atoms with van der Waals surface area (Å²) >= 11 is 0. The molecule has 0 aromatic carbocycles. The molecule has 0 spiro atoms. The predicted octanol–water partition coefficient (Wildman–Crippen LogP) is -0.140. The van der Waals surface area contributed by atoms with Gasteiger partial charge in [0.1, 0.15) is 6.54 Å². The minimum absolute atomic E-state index is 0.0732. The number of aromatic carboxylic acids is 1. The van der Waals surface area contributed by atoms with Crippen molar-refractivity contribution in [3.05, 3.63) is 18.0 Å². The van der Waals surface area contributed by atoms with E-state index in [1.165, 1.54) is 17.1 Å². The quantitative estimate of drug-likeness (QED) is 0.722. The van der Waals surface area contributed by atoms with Gasteiger partial charge in [0.2, 0.25) is 5.91 Å². The molecular weight excluding hydrogens is 198 g/mol. The van der Waals surface area contributed by atoms with Crippen molar-refractivity contribution in [3.8, 4) is 0 Å². The Kier molecular flexibility index (Phi) is 2.40. The van der Waals surface area contributed by atoms with E-state index < -0.39 is 5.97 Å². The number of carbonyl (C=O) groups excluding carboxylic acids is 1. The molecular formula is C9H11N3O3. The second kappa shape index (κ2) is 3.72. The Morgan fingerprint density at radius 3 is 2.87 bits per heavy atom. The van der Waals surface area contributed by atoms with Crippen LogP contribution in [0.2, 0.25) is 0 Å². The summed E-state index contributed by atoms with van der Waals surface area (Å²) in [5.74, 6) is -1.17. The summed E-state index contributed by atoms with van der Waals surface area (Å²) in [4.78, 5) is 21.9. The summed E-state index contributed by atoms with van der Waals surface area (Å²) in [6.07, 6.45) is 4.64. The van der Waals surface area contributed by atoms with Crippen molar-refractivity contribution in [1.29, 1.82) is 0 Å². The highest BCUT2D eigenvalue weighted by atomic mass is 16.4. The van der Waals surface area contributed by atoms with Crippen molar-refractivity contribution >= 4 is 11.9 Å². The molecule has 0 saturated heterocycles. The molecule has 1 aromatic heterocycles. The molecule has 1 aromatic rings. The zero-order chi connectivity index (χ0) is 10.8. The molecule has 2 N–H and O–H groups in total. The first-order valence-electron chi connectivity index (χ1n) is 4.70. The van der Waals surface area contributed by atoms with Gasteiger partial charge in [0.15, 0.2) is 0 Å². The maximum Gasteiger partial charge on any atom is 0.338 e. The second-order valence-electron chi connectivity index (χ2n) is 3.57. The van der Waals surface area contributed by atoms with Gasteiger partial charge in [0.05, 0.1) is 11.8 Å². The van der Waals surface area contributed by atoms with Crippen molar-refractivity contribution < 1.29 is 14.7 Å². The molecule has 0 aliphatic heterocycles. The topological polar surface area (TPSA) is 84.2 Å². The van der Waals surface area contributed by atoms with E-state index in [9.17, 15) is 9.59 Å². The fourth-order valence-corrected chi connectivity index (χ4v) is 1.21. The van der Waals surface area contributed by atoms with Gasteiger partial charge in [0, 0.05) is 12.2 Å². The third-order valence-electron chi connectivity index (χ3n) is 2.13. The van der Waals surface area contributed by atoms with Gasteiger partial charge in [-0.05, 0) is 12.8 Å². The van der Waals surface area contributed by atoms with E-state index in [1.807, 2.05) is 0 Å². The Balaban J connectivity index is 1.91. The van der Waals surface area contributed by atoms with Crippen LogP contribution in [0.5, 0.6) is 0 Å². The fourth-order valence-electron chi connectivity index (χ4n) is 1.21. The molecule has 0 radical (unpaired) electrons. The molecule has 0 atom stereocenters. The van der Waals surface area contributed by atoms with Gasteiger partial charge < -0.3 is 10.4 Å². The monoisotopic (exact) mass is 209 g/mol. The lowest BCUT2D eigenvalue weighted by Crippen LogP contribution is -2.29. The first-order valence-corrected chi connectivity index (χ1v) is 4.70. The maximum absolute atomic E-state index is 11.3. The van der Waals surface area contributed by atoms with Crippen molar-refractivity contribution in [2.45, 2.75) is 25.4 Å². The molecule has 1 saturated carbocycles. The van der Waals surface area contributed by atoms with Gasteiger partial charge in [-0.25, -0.2) is 4.79 Å². The van der Waals surface area contributed by atoms with Gasteiger partial charge in [-0.2, -0.15) is 5.10 Å². The molecule has 15 heavy (non-hydrogen) atoms. The molecule has 1 heterocycles. The highest BCUT2D eigenvalue weighted by Crippen LogP contribution is 2.18. The second-order valence-corrected chi connectivity index (χ2v) is 3.57. The molecule has 0 unspecified atom stereocenters. The van der Waals surface area contributed by atoms with Gasteiger partial charge in [-0.1, -0.05) is 0 Å². The molecule has 6 heteroatoms.